The first-order valence-corrected chi connectivity index (χ1v) is 7.57. The fourth-order valence-corrected chi connectivity index (χ4v) is 2.97. The molecular formula is C16H25N3O2. The maximum Gasteiger partial charge on any atom is 0.339 e. The Morgan fingerprint density at radius 3 is 2.43 bits per heavy atom. The molecule has 1 N–H and O–H groups in total. The van der Waals surface area contributed by atoms with Gasteiger partial charge in [0.05, 0.1) is 0 Å². The van der Waals surface area contributed by atoms with Crippen LogP contribution in [0, 0.1) is 19.8 Å². The van der Waals surface area contributed by atoms with Gasteiger partial charge in [0.2, 0.25) is 0 Å². The first-order valence-electron chi connectivity index (χ1n) is 7.57. The molecule has 0 spiro atoms. The number of pyridine rings is 1. The number of piperazine rings is 1. The van der Waals surface area contributed by atoms with E-state index in [9.17, 15) is 9.90 Å². The molecule has 1 saturated heterocycles. The molecule has 2 heterocycles. The molecule has 0 aromatic carbocycles. The number of aromatic nitrogens is 1. The molecule has 0 atom stereocenters. The third-order valence-electron chi connectivity index (χ3n) is 3.83. The number of aromatic carboxylic acids is 1. The van der Waals surface area contributed by atoms with E-state index in [-0.39, 0.29) is 0 Å². The summed E-state index contributed by atoms with van der Waals surface area (Å²) in [4.78, 5) is 20.6. The second-order valence-corrected chi connectivity index (χ2v) is 6.27. The zero-order chi connectivity index (χ0) is 15.6. The van der Waals surface area contributed by atoms with Gasteiger partial charge in [-0.05, 0) is 31.4 Å². The number of carboxylic acid groups (broad SMARTS) is 1. The standard InChI is InChI=1S/C16H25N3O2/c1-11(2)10-18-5-7-19(8-6-18)15-14(16(20)21)12(3)9-13(4)17-15/h9,11H,5-8,10H2,1-4H3,(H,20,21). The number of rotatable bonds is 4. The predicted molar refractivity (Wildman–Crippen MR) is 84.2 cm³/mol. The van der Waals surface area contributed by atoms with Gasteiger partial charge in [0.25, 0.3) is 0 Å². The average Bonchev–Trinajstić information content (AvgIpc) is 2.37. The molecule has 1 aliphatic heterocycles. The van der Waals surface area contributed by atoms with Crippen LogP contribution in [0.25, 0.3) is 0 Å². The summed E-state index contributed by atoms with van der Waals surface area (Å²) in [6.45, 7) is 12.9. The van der Waals surface area contributed by atoms with Crippen molar-refractivity contribution in [2.45, 2.75) is 27.7 Å². The summed E-state index contributed by atoms with van der Waals surface area (Å²) in [6.07, 6.45) is 0. The minimum Gasteiger partial charge on any atom is -0.478 e. The van der Waals surface area contributed by atoms with Crippen molar-refractivity contribution in [2.75, 3.05) is 37.6 Å². The van der Waals surface area contributed by atoms with E-state index in [4.69, 9.17) is 0 Å². The van der Waals surface area contributed by atoms with Crippen molar-refractivity contribution in [1.82, 2.24) is 9.88 Å². The van der Waals surface area contributed by atoms with Crippen molar-refractivity contribution in [3.05, 3.63) is 22.9 Å². The normalized spacial score (nSPS) is 16.5. The van der Waals surface area contributed by atoms with Crippen LogP contribution in [0.2, 0.25) is 0 Å². The Bertz CT molecular complexity index is 520. The van der Waals surface area contributed by atoms with E-state index < -0.39 is 5.97 Å². The molecule has 0 radical (unpaired) electrons. The molecule has 21 heavy (non-hydrogen) atoms. The first-order chi connectivity index (χ1) is 9.88. The van der Waals surface area contributed by atoms with Crippen LogP contribution < -0.4 is 4.90 Å². The summed E-state index contributed by atoms with van der Waals surface area (Å²) in [7, 11) is 0. The smallest absolute Gasteiger partial charge is 0.339 e. The van der Waals surface area contributed by atoms with E-state index in [1.165, 1.54) is 0 Å². The van der Waals surface area contributed by atoms with E-state index in [1.54, 1.807) is 0 Å². The monoisotopic (exact) mass is 291 g/mol. The first kappa shape index (κ1) is 15.8. The van der Waals surface area contributed by atoms with Crippen molar-refractivity contribution >= 4 is 11.8 Å². The molecule has 116 valence electrons. The Kier molecular flexibility index (Phi) is 4.83. The maximum atomic E-state index is 11.5. The Morgan fingerprint density at radius 1 is 1.29 bits per heavy atom. The second kappa shape index (κ2) is 6.43. The van der Waals surface area contributed by atoms with Crippen molar-refractivity contribution < 1.29 is 9.90 Å². The van der Waals surface area contributed by atoms with Gasteiger partial charge in [0.1, 0.15) is 11.4 Å². The van der Waals surface area contributed by atoms with Crippen molar-refractivity contribution in [3.8, 4) is 0 Å². The zero-order valence-corrected chi connectivity index (χ0v) is 13.4. The zero-order valence-electron chi connectivity index (χ0n) is 13.4. The lowest BCUT2D eigenvalue weighted by atomic mass is 10.1. The number of aryl methyl sites for hydroxylation is 2. The number of carboxylic acids is 1. The highest BCUT2D eigenvalue weighted by Gasteiger charge is 2.24. The van der Waals surface area contributed by atoms with E-state index in [0.717, 1.165) is 44.0 Å². The minimum absolute atomic E-state index is 0.345. The average molecular weight is 291 g/mol. The lowest BCUT2D eigenvalue weighted by Crippen LogP contribution is -2.48. The summed E-state index contributed by atoms with van der Waals surface area (Å²) in [6, 6.07) is 1.84. The lowest BCUT2D eigenvalue weighted by Gasteiger charge is -2.36. The summed E-state index contributed by atoms with van der Waals surface area (Å²) in [5.74, 6) is 0.397. The van der Waals surface area contributed by atoms with Gasteiger partial charge < -0.3 is 10.0 Å². The molecule has 5 nitrogen and oxygen atoms in total. The van der Waals surface area contributed by atoms with Gasteiger partial charge in [0, 0.05) is 38.4 Å². The van der Waals surface area contributed by atoms with Crippen molar-refractivity contribution in [2.24, 2.45) is 5.92 Å². The van der Waals surface area contributed by atoms with Gasteiger partial charge in [-0.25, -0.2) is 9.78 Å². The fourth-order valence-electron chi connectivity index (χ4n) is 2.97. The van der Waals surface area contributed by atoms with Gasteiger partial charge in [-0.3, -0.25) is 4.90 Å². The third-order valence-corrected chi connectivity index (χ3v) is 3.83. The lowest BCUT2D eigenvalue weighted by molar-refractivity contribution is 0.0696. The van der Waals surface area contributed by atoms with Gasteiger partial charge in [0.15, 0.2) is 0 Å². The summed E-state index contributed by atoms with van der Waals surface area (Å²) in [5, 5.41) is 9.46. The van der Waals surface area contributed by atoms with E-state index in [2.05, 4.69) is 28.6 Å². The molecule has 1 aromatic rings. The third kappa shape index (κ3) is 3.73. The van der Waals surface area contributed by atoms with Crippen molar-refractivity contribution in [1.29, 1.82) is 0 Å². The number of hydrogen-bond donors (Lipinski definition) is 1. The van der Waals surface area contributed by atoms with E-state index >= 15 is 0 Å². The quantitative estimate of drug-likeness (QED) is 0.921. The Hall–Kier alpha value is -1.62. The minimum atomic E-state index is -0.889. The maximum absolute atomic E-state index is 11.5. The van der Waals surface area contributed by atoms with Gasteiger partial charge in [-0.2, -0.15) is 0 Å². The number of nitrogens with zero attached hydrogens (tertiary/aromatic N) is 3. The molecule has 1 aliphatic rings. The summed E-state index contributed by atoms with van der Waals surface area (Å²) in [5.41, 5.74) is 2.00. The molecule has 1 aromatic heterocycles. The van der Waals surface area contributed by atoms with Crippen LogP contribution in [0.4, 0.5) is 5.82 Å². The fraction of sp³-hybridized carbons (Fsp3) is 0.625. The number of anilines is 1. The van der Waals surface area contributed by atoms with Gasteiger partial charge in [-0.1, -0.05) is 13.8 Å². The van der Waals surface area contributed by atoms with Crippen LogP contribution in [-0.2, 0) is 0 Å². The molecule has 1 fully saturated rings. The van der Waals surface area contributed by atoms with Crippen LogP contribution in [0.15, 0.2) is 6.07 Å². The highest BCUT2D eigenvalue weighted by molar-refractivity contribution is 5.95. The largest absolute Gasteiger partial charge is 0.478 e. The van der Waals surface area contributed by atoms with E-state index in [0.29, 0.717) is 17.3 Å². The van der Waals surface area contributed by atoms with Gasteiger partial charge in [-0.15, -0.1) is 0 Å². The highest BCUT2D eigenvalue weighted by atomic mass is 16.4. The molecule has 0 saturated carbocycles. The molecular weight excluding hydrogens is 266 g/mol. The van der Waals surface area contributed by atoms with Crippen molar-refractivity contribution in [3.63, 3.8) is 0 Å². The second-order valence-electron chi connectivity index (χ2n) is 6.27. The Balaban J connectivity index is 2.18. The van der Waals surface area contributed by atoms with E-state index in [1.807, 2.05) is 19.9 Å². The molecule has 0 bridgehead atoms. The topological polar surface area (TPSA) is 56.7 Å². The SMILES string of the molecule is Cc1cc(C)c(C(=O)O)c(N2CCN(CC(C)C)CC2)n1. The summed E-state index contributed by atoms with van der Waals surface area (Å²) >= 11 is 0. The molecule has 0 unspecified atom stereocenters. The Morgan fingerprint density at radius 2 is 1.90 bits per heavy atom. The van der Waals surface area contributed by atoms with Gasteiger partial charge >= 0.3 is 5.97 Å². The number of hydrogen-bond acceptors (Lipinski definition) is 4. The highest BCUT2D eigenvalue weighted by Crippen LogP contribution is 2.24. The van der Waals surface area contributed by atoms with Crippen LogP contribution >= 0.6 is 0 Å². The molecule has 0 amide bonds. The molecule has 2 rings (SSSR count). The van der Waals surface area contributed by atoms with Crippen LogP contribution in [0.3, 0.4) is 0 Å². The number of carbonyl (C=O) groups is 1. The Labute approximate surface area is 126 Å². The van der Waals surface area contributed by atoms with Crippen LogP contribution in [0.5, 0.6) is 0 Å². The molecule has 0 aliphatic carbocycles. The summed E-state index contributed by atoms with van der Waals surface area (Å²) < 4.78 is 0. The van der Waals surface area contributed by atoms with Crippen LogP contribution in [0.1, 0.15) is 35.5 Å². The van der Waals surface area contributed by atoms with Crippen LogP contribution in [-0.4, -0.2) is 53.7 Å². The molecule has 5 heteroatoms. The predicted octanol–water partition coefficient (Wildman–Crippen LogP) is 2.17.